The van der Waals surface area contributed by atoms with E-state index in [4.69, 9.17) is 16.7 Å². The van der Waals surface area contributed by atoms with Gasteiger partial charge in [0.25, 0.3) is 0 Å². The molecule has 0 spiro atoms. The molecule has 0 unspecified atom stereocenters. The van der Waals surface area contributed by atoms with Crippen molar-refractivity contribution in [2.24, 2.45) is 0 Å². The summed E-state index contributed by atoms with van der Waals surface area (Å²) in [5, 5.41) is 16.3. The summed E-state index contributed by atoms with van der Waals surface area (Å²) >= 11 is 5.63. The molecule has 0 bridgehead atoms. The molecule has 2 aromatic rings. The number of fused-ring (bicyclic) bond motifs is 1. The van der Waals surface area contributed by atoms with Gasteiger partial charge in [0, 0.05) is 0 Å². The number of carboxylic acid groups (broad SMARTS) is 1. The molecule has 2 aromatic heterocycles. The fraction of sp³-hybridized carbons (Fsp3) is 0.250. The predicted octanol–water partition coefficient (Wildman–Crippen LogP) is 0.0191. The van der Waals surface area contributed by atoms with Crippen LogP contribution in [0.15, 0.2) is 16.9 Å². The van der Waals surface area contributed by atoms with Crippen molar-refractivity contribution in [3.63, 3.8) is 0 Å². The monoisotopic (exact) mass is 242 g/mol. The number of aromatic nitrogens is 4. The maximum atomic E-state index is 11.6. The van der Waals surface area contributed by atoms with E-state index in [1.54, 1.807) is 0 Å². The number of halogens is 1. The first kappa shape index (κ1) is 10.6. The first-order valence-electron chi connectivity index (χ1n) is 4.42. The lowest BCUT2D eigenvalue weighted by atomic mass is 10.4. The normalized spacial score (nSPS) is 10.8. The molecule has 0 aliphatic carbocycles. The van der Waals surface area contributed by atoms with Crippen LogP contribution in [0.4, 0.5) is 0 Å². The fourth-order valence-corrected chi connectivity index (χ4v) is 1.37. The lowest BCUT2D eigenvalue weighted by Crippen LogP contribution is -2.23. The van der Waals surface area contributed by atoms with Crippen LogP contribution >= 0.6 is 11.6 Å². The number of aryl methyl sites for hydroxylation is 1. The molecule has 0 atom stereocenters. The summed E-state index contributed by atoms with van der Waals surface area (Å²) in [6, 6.07) is 3.04. The van der Waals surface area contributed by atoms with Crippen LogP contribution in [0.25, 0.3) is 5.65 Å². The van der Waals surface area contributed by atoms with Gasteiger partial charge in [-0.25, -0.2) is 9.48 Å². The molecule has 16 heavy (non-hydrogen) atoms. The van der Waals surface area contributed by atoms with Gasteiger partial charge in [-0.05, 0) is 12.1 Å². The van der Waals surface area contributed by atoms with Gasteiger partial charge < -0.3 is 5.11 Å². The molecule has 1 N–H and O–H groups in total. The van der Waals surface area contributed by atoms with E-state index in [1.165, 1.54) is 12.1 Å². The minimum atomic E-state index is -0.991. The van der Waals surface area contributed by atoms with Crippen molar-refractivity contribution >= 4 is 23.2 Å². The minimum Gasteiger partial charge on any atom is -0.481 e. The highest BCUT2D eigenvalue weighted by Gasteiger charge is 2.09. The van der Waals surface area contributed by atoms with Crippen molar-refractivity contribution in [2.75, 3.05) is 0 Å². The third kappa shape index (κ3) is 1.89. The van der Waals surface area contributed by atoms with E-state index in [2.05, 4.69) is 10.2 Å². The smallest absolute Gasteiger partial charge is 0.367 e. The van der Waals surface area contributed by atoms with Gasteiger partial charge in [0.15, 0.2) is 5.65 Å². The van der Waals surface area contributed by atoms with Gasteiger partial charge in [-0.15, -0.1) is 10.2 Å². The van der Waals surface area contributed by atoms with Crippen LogP contribution in [-0.2, 0) is 11.3 Å². The van der Waals surface area contributed by atoms with E-state index < -0.39 is 11.7 Å². The second kappa shape index (κ2) is 3.93. The van der Waals surface area contributed by atoms with Crippen molar-refractivity contribution in [2.45, 2.75) is 13.0 Å². The largest absolute Gasteiger partial charge is 0.481 e. The van der Waals surface area contributed by atoms with Gasteiger partial charge in [0.2, 0.25) is 0 Å². The van der Waals surface area contributed by atoms with Crippen LogP contribution in [0, 0.1) is 0 Å². The predicted molar refractivity (Wildman–Crippen MR) is 54.5 cm³/mol. The van der Waals surface area contributed by atoms with E-state index in [0.717, 1.165) is 9.20 Å². The summed E-state index contributed by atoms with van der Waals surface area (Å²) in [6.45, 7) is 0.00907. The third-order valence-corrected chi connectivity index (χ3v) is 2.15. The number of carboxylic acids is 1. The van der Waals surface area contributed by atoms with Gasteiger partial charge in [-0.2, -0.15) is 4.52 Å². The molecule has 84 valence electrons. The average Bonchev–Trinajstić information content (AvgIpc) is 2.53. The maximum absolute atomic E-state index is 11.6. The zero-order chi connectivity index (χ0) is 11.7. The Morgan fingerprint density at radius 3 is 2.88 bits per heavy atom. The standard InChI is InChI=1S/C8H7ClN4O3/c9-5-1-2-6-11-12(4-3-7(14)15)8(16)13(6)10-5/h1-2H,3-4H2,(H,14,15). The summed E-state index contributed by atoms with van der Waals surface area (Å²) in [7, 11) is 0. The number of aliphatic carboxylic acids is 1. The number of hydrogen-bond donors (Lipinski definition) is 1. The Morgan fingerprint density at radius 2 is 2.19 bits per heavy atom. The van der Waals surface area contributed by atoms with Crippen molar-refractivity contribution < 1.29 is 9.90 Å². The third-order valence-electron chi connectivity index (χ3n) is 1.95. The number of rotatable bonds is 3. The molecule has 0 fully saturated rings. The lowest BCUT2D eigenvalue weighted by Gasteiger charge is -1.93. The molecular weight excluding hydrogens is 236 g/mol. The maximum Gasteiger partial charge on any atom is 0.367 e. The zero-order valence-corrected chi connectivity index (χ0v) is 8.76. The Morgan fingerprint density at radius 1 is 1.44 bits per heavy atom. The number of hydrogen-bond acceptors (Lipinski definition) is 4. The summed E-state index contributed by atoms with van der Waals surface area (Å²) < 4.78 is 2.08. The minimum absolute atomic E-state index is 0.00907. The van der Waals surface area contributed by atoms with Crippen molar-refractivity contribution in [3.05, 3.63) is 27.8 Å². The summed E-state index contributed by atoms with van der Waals surface area (Å²) in [5.74, 6) is -0.991. The Bertz CT molecular complexity index is 603. The molecule has 7 nitrogen and oxygen atoms in total. The van der Waals surface area contributed by atoms with Gasteiger partial charge >= 0.3 is 11.7 Å². The summed E-state index contributed by atoms with van der Waals surface area (Å²) in [5.41, 5.74) is -0.168. The van der Waals surface area contributed by atoms with Gasteiger partial charge in [-0.3, -0.25) is 4.79 Å². The fourth-order valence-electron chi connectivity index (χ4n) is 1.23. The van der Waals surface area contributed by atoms with Crippen molar-refractivity contribution in [1.82, 2.24) is 19.4 Å². The number of nitrogens with zero attached hydrogens (tertiary/aromatic N) is 4. The first-order valence-corrected chi connectivity index (χ1v) is 4.80. The number of carbonyl (C=O) groups is 1. The molecule has 0 aromatic carbocycles. The Labute approximate surface area is 93.9 Å². The van der Waals surface area contributed by atoms with E-state index in [1.807, 2.05) is 0 Å². The van der Waals surface area contributed by atoms with E-state index in [0.29, 0.717) is 5.65 Å². The van der Waals surface area contributed by atoms with Crippen LogP contribution in [0.5, 0.6) is 0 Å². The first-order chi connectivity index (χ1) is 7.58. The second-order valence-electron chi connectivity index (χ2n) is 3.08. The van der Waals surface area contributed by atoms with Gasteiger partial charge in [0.05, 0.1) is 13.0 Å². The highest BCUT2D eigenvalue weighted by atomic mass is 35.5. The summed E-state index contributed by atoms with van der Waals surface area (Å²) in [6.07, 6.45) is -0.169. The SMILES string of the molecule is O=C(O)CCn1nc2ccc(Cl)nn2c1=O. The van der Waals surface area contributed by atoms with E-state index >= 15 is 0 Å². The Balaban J connectivity index is 2.44. The molecule has 2 heterocycles. The second-order valence-corrected chi connectivity index (χ2v) is 3.46. The Hall–Kier alpha value is -1.89. The summed E-state index contributed by atoms with van der Waals surface area (Å²) in [4.78, 5) is 22.0. The lowest BCUT2D eigenvalue weighted by molar-refractivity contribution is -0.137. The molecule has 0 amide bonds. The molecule has 0 aliphatic heterocycles. The quantitative estimate of drug-likeness (QED) is 0.820. The molecular formula is C8H7ClN4O3. The molecule has 0 saturated heterocycles. The van der Waals surface area contributed by atoms with Crippen LogP contribution in [-0.4, -0.2) is 30.5 Å². The zero-order valence-electron chi connectivity index (χ0n) is 8.00. The Kier molecular flexibility index (Phi) is 2.61. The van der Waals surface area contributed by atoms with Crippen molar-refractivity contribution in [3.8, 4) is 0 Å². The van der Waals surface area contributed by atoms with Crippen LogP contribution in [0.2, 0.25) is 5.15 Å². The van der Waals surface area contributed by atoms with Gasteiger partial charge in [-0.1, -0.05) is 11.6 Å². The molecule has 8 heteroatoms. The highest BCUT2D eigenvalue weighted by molar-refractivity contribution is 6.29. The molecule has 0 saturated carbocycles. The van der Waals surface area contributed by atoms with Gasteiger partial charge in [0.1, 0.15) is 5.15 Å². The van der Waals surface area contributed by atoms with Crippen LogP contribution in [0.3, 0.4) is 0 Å². The average molecular weight is 243 g/mol. The van der Waals surface area contributed by atoms with Crippen molar-refractivity contribution in [1.29, 1.82) is 0 Å². The highest BCUT2D eigenvalue weighted by Crippen LogP contribution is 2.03. The molecule has 0 radical (unpaired) electrons. The topological polar surface area (TPSA) is 89.5 Å². The van der Waals surface area contributed by atoms with Crippen LogP contribution < -0.4 is 5.69 Å². The molecule has 2 rings (SSSR count). The van der Waals surface area contributed by atoms with Crippen LogP contribution in [0.1, 0.15) is 6.42 Å². The van der Waals surface area contributed by atoms with E-state index in [-0.39, 0.29) is 18.1 Å². The molecule has 0 aliphatic rings. The van der Waals surface area contributed by atoms with E-state index in [9.17, 15) is 9.59 Å².